The van der Waals surface area contributed by atoms with Crippen molar-refractivity contribution in [3.8, 4) is 23.0 Å². The zero-order chi connectivity index (χ0) is 15.3. The Hall–Kier alpha value is -2.13. The number of rotatable bonds is 0. The minimum absolute atomic E-state index is 0.950. The van der Waals surface area contributed by atoms with Crippen LogP contribution >= 0.6 is 0 Å². The molecule has 0 amide bonds. The van der Waals surface area contributed by atoms with Crippen LogP contribution in [0.4, 0.5) is 0 Å². The molecule has 0 aromatic heterocycles. The van der Waals surface area contributed by atoms with E-state index in [1.165, 1.54) is 16.7 Å². The lowest BCUT2D eigenvalue weighted by Crippen LogP contribution is -2.08. The summed E-state index contributed by atoms with van der Waals surface area (Å²) in [6.45, 7) is 0. The summed E-state index contributed by atoms with van der Waals surface area (Å²) in [4.78, 5) is 0. The van der Waals surface area contributed by atoms with E-state index in [1.54, 1.807) is 0 Å². The first-order valence-corrected chi connectivity index (χ1v) is 7.87. The van der Waals surface area contributed by atoms with Crippen LogP contribution in [0.25, 0.3) is 11.1 Å². The summed E-state index contributed by atoms with van der Waals surface area (Å²) in [6.07, 6.45) is 2.00. The molecule has 0 radical (unpaired) electrons. The maximum Gasteiger partial charge on any atom is 0.330 e. The van der Waals surface area contributed by atoms with Crippen molar-refractivity contribution in [1.82, 2.24) is 0 Å². The smallest absolute Gasteiger partial charge is 0.274 e. The fourth-order valence-corrected chi connectivity index (χ4v) is 2.18. The third-order valence-corrected chi connectivity index (χ3v) is 2.98. The molecule has 0 saturated carbocycles. The van der Waals surface area contributed by atoms with Crippen molar-refractivity contribution in [2.24, 2.45) is 5.14 Å². The van der Waals surface area contributed by atoms with Gasteiger partial charge in [0, 0.05) is 12.0 Å². The Bertz CT molecular complexity index is 794. The van der Waals surface area contributed by atoms with E-state index in [9.17, 15) is 0 Å². The second-order valence-corrected chi connectivity index (χ2v) is 5.55. The van der Waals surface area contributed by atoms with Crippen LogP contribution in [0.1, 0.15) is 17.5 Å². The highest BCUT2D eigenvalue weighted by Gasteiger charge is 2.08. The second-order valence-electron chi connectivity index (χ2n) is 4.52. The minimum atomic E-state index is -4.17. The number of fused-ring (bicyclic) bond motifs is 3. The Balaban J connectivity index is 0.000000282. The lowest BCUT2D eigenvalue weighted by Gasteiger charge is -2.12. The van der Waals surface area contributed by atoms with Gasteiger partial charge in [0.15, 0.2) is 0 Å². The number of hydrogen-bond acceptors (Lipinski definition) is 2. The third kappa shape index (κ3) is 4.72. The van der Waals surface area contributed by atoms with Crippen molar-refractivity contribution in [2.45, 2.75) is 12.8 Å². The number of benzene rings is 2. The van der Waals surface area contributed by atoms with E-state index in [0.29, 0.717) is 0 Å². The van der Waals surface area contributed by atoms with E-state index in [1.807, 2.05) is 0 Å². The fraction of sp³-hybridized carbons (Fsp3) is 0.125. The second kappa shape index (κ2) is 6.55. The molecule has 0 fully saturated rings. The minimum Gasteiger partial charge on any atom is -0.274 e. The van der Waals surface area contributed by atoms with E-state index < -0.39 is 10.3 Å². The molecule has 0 aliphatic heterocycles. The molecule has 0 saturated heterocycles. The monoisotopic (exact) mass is 301 g/mol. The van der Waals surface area contributed by atoms with E-state index in [2.05, 4.69) is 65.5 Å². The summed E-state index contributed by atoms with van der Waals surface area (Å²) in [6, 6.07) is 17.0. The summed E-state index contributed by atoms with van der Waals surface area (Å²) < 4.78 is 25.2. The Kier molecular flexibility index (Phi) is 4.76. The van der Waals surface area contributed by atoms with Crippen LogP contribution in [-0.4, -0.2) is 13.0 Å². The SMILES string of the molecule is C1#Cc2ccccc2-c2ccccc2CC1.NS(=O)(=O)O. The standard InChI is InChI=1S/C16H12.H3NO3S/c1-2-8-14-10-4-6-12-16(14)15-11-5-3-9-13(15)7-1;1-5(2,3)4/h3-6,9-12H,1,7H2;(H3,1,2,3,4). The molecule has 3 rings (SSSR count). The largest absolute Gasteiger partial charge is 0.330 e. The van der Waals surface area contributed by atoms with Crippen molar-refractivity contribution in [1.29, 1.82) is 0 Å². The van der Waals surface area contributed by atoms with Gasteiger partial charge in [-0.25, -0.2) is 5.14 Å². The lowest BCUT2D eigenvalue weighted by molar-refractivity contribution is 0.485. The van der Waals surface area contributed by atoms with E-state index in [4.69, 9.17) is 13.0 Å². The molecule has 1 aliphatic rings. The predicted molar refractivity (Wildman–Crippen MR) is 82.8 cm³/mol. The van der Waals surface area contributed by atoms with Crippen molar-refractivity contribution < 1.29 is 13.0 Å². The molecule has 0 spiro atoms. The van der Waals surface area contributed by atoms with Gasteiger partial charge in [0.25, 0.3) is 0 Å². The van der Waals surface area contributed by atoms with Gasteiger partial charge in [-0.3, -0.25) is 4.55 Å². The molecule has 0 unspecified atom stereocenters. The van der Waals surface area contributed by atoms with Gasteiger partial charge in [0.1, 0.15) is 0 Å². The molecule has 3 N–H and O–H groups in total. The van der Waals surface area contributed by atoms with Crippen molar-refractivity contribution >= 4 is 10.3 Å². The summed E-state index contributed by atoms with van der Waals surface area (Å²) >= 11 is 0. The quantitative estimate of drug-likeness (QED) is 0.579. The van der Waals surface area contributed by atoms with Crippen molar-refractivity contribution in [3.05, 3.63) is 59.7 Å². The summed E-state index contributed by atoms with van der Waals surface area (Å²) in [5.41, 5.74) is 5.16. The fourth-order valence-electron chi connectivity index (χ4n) is 2.18. The van der Waals surface area contributed by atoms with Crippen molar-refractivity contribution in [3.63, 3.8) is 0 Å². The molecule has 1 aliphatic carbocycles. The molecule has 108 valence electrons. The Labute approximate surface area is 124 Å². The summed E-state index contributed by atoms with van der Waals surface area (Å²) in [5.74, 6) is 6.49. The van der Waals surface area contributed by atoms with Crippen LogP contribution in [0.15, 0.2) is 48.5 Å². The van der Waals surface area contributed by atoms with Crippen LogP contribution in [0.3, 0.4) is 0 Å². The number of nitrogens with two attached hydrogens (primary N) is 1. The summed E-state index contributed by atoms with van der Waals surface area (Å²) in [5, 5.41) is 3.88. The van der Waals surface area contributed by atoms with Crippen molar-refractivity contribution in [2.75, 3.05) is 0 Å². The molecule has 4 nitrogen and oxygen atoms in total. The normalized spacial score (nSPS) is 12.3. The zero-order valence-corrected chi connectivity index (χ0v) is 12.1. The van der Waals surface area contributed by atoms with Gasteiger partial charge in [0.2, 0.25) is 0 Å². The maximum absolute atomic E-state index is 8.97. The highest BCUT2D eigenvalue weighted by molar-refractivity contribution is 7.83. The topological polar surface area (TPSA) is 80.4 Å². The van der Waals surface area contributed by atoms with Crippen LogP contribution < -0.4 is 5.14 Å². The average molecular weight is 301 g/mol. The average Bonchev–Trinajstić information content (AvgIpc) is 2.40. The maximum atomic E-state index is 8.97. The molecule has 5 heteroatoms. The van der Waals surface area contributed by atoms with Crippen LogP contribution in [0.2, 0.25) is 0 Å². The number of hydrogen-bond donors (Lipinski definition) is 2. The molecule has 2 aromatic rings. The van der Waals surface area contributed by atoms with E-state index in [0.717, 1.165) is 18.4 Å². The van der Waals surface area contributed by atoms with E-state index in [-0.39, 0.29) is 0 Å². The molecular formula is C16H15NO3S. The van der Waals surface area contributed by atoms with Gasteiger partial charge in [-0.2, -0.15) is 8.42 Å². The van der Waals surface area contributed by atoms with Gasteiger partial charge >= 0.3 is 10.3 Å². The van der Waals surface area contributed by atoms with Gasteiger partial charge in [0.05, 0.1) is 0 Å². The van der Waals surface area contributed by atoms with Gasteiger partial charge < -0.3 is 0 Å². The van der Waals surface area contributed by atoms with Crippen LogP contribution in [0, 0.1) is 11.8 Å². The predicted octanol–water partition coefficient (Wildman–Crippen LogP) is 2.40. The Morgan fingerprint density at radius 2 is 1.57 bits per heavy atom. The first-order chi connectivity index (χ1) is 9.95. The molecule has 2 aromatic carbocycles. The summed E-state index contributed by atoms with van der Waals surface area (Å²) in [7, 11) is -4.17. The third-order valence-electron chi connectivity index (χ3n) is 2.98. The lowest BCUT2D eigenvalue weighted by atomic mass is 9.92. The van der Waals surface area contributed by atoms with Gasteiger partial charge in [-0.15, -0.1) is 0 Å². The highest BCUT2D eigenvalue weighted by atomic mass is 32.2. The van der Waals surface area contributed by atoms with E-state index >= 15 is 0 Å². The zero-order valence-electron chi connectivity index (χ0n) is 11.3. The van der Waals surface area contributed by atoms with Crippen LogP contribution in [0.5, 0.6) is 0 Å². The highest BCUT2D eigenvalue weighted by Crippen LogP contribution is 2.28. The Morgan fingerprint density at radius 1 is 1.00 bits per heavy atom. The first-order valence-electron chi connectivity index (χ1n) is 6.36. The molecule has 0 atom stereocenters. The van der Waals surface area contributed by atoms with Crippen LogP contribution in [-0.2, 0) is 16.7 Å². The molecule has 21 heavy (non-hydrogen) atoms. The van der Waals surface area contributed by atoms with Gasteiger partial charge in [-0.05, 0) is 29.2 Å². The molecule has 0 heterocycles. The molecular weight excluding hydrogens is 286 g/mol. The first kappa shape index (κ1) is 15.3. The van der Waals surface area contributed by atoms with Gasteiger partial charge in [-0.1, -0.05) is 54.3 Å². The number of aryl methyl sites for hydroxylation is 1. The Morgan fingerprint density at radius 3 is 2.29 bits per heavy atom. The molecule has 0 bridgehead atoms.